The molecule has 1 saturated carbocycles. The zero-order valence-corrected chi connectivity index (χ0v) is 13.5. The molecule has 1 atom stereocenters. The monoisotopic (exact) mass is 315 g/mol. The molecule has 2 N–H and O–H groups in total. The van der Waals surface area contributed by atoms with E-state index in [0.29, 0.717) is 16.5 Å². The average Bonchev–Trinajstić information content (AvgIpc) is 2.70. The molecule has 0 aromatic heterocycles. The van der Waals surface area contributed by atoms with E-state index in [1.807, 2.05) is 12.1 Å². The lowest BCUT2D eigenvalue weighted by Crippen LogP contribution is -2.50. The number of benzene rings is 1. The van der Waals surface area contributed by atoms with Crippen LogP contribution in [0.4, 0.5) is 0 Å². The highest BCUT2D eigenvalue weighted by Crippen LogP contribution is 2.35. The number of halogens is 2. The third-order valence-corrected chi connectivity index (χ3v) is 5.36. The van der Waals surface area contributed by atoms with Crippen LogP contribution in [0, 0.1) is 0 Å². The fraction of sp³-hybridized carbons (Fsp3) is 0.625. The van der Waals surface area contributed by atoms with E-state index in [1.165, 1.54) is 25.7 Å². The third kappa shape index (κ3) is 3.48. The maximum absolute atomic E-state index is 6.49. The molecule has 2 nitrogen and oxygen atoms in total. The van der Waals surface area contributed by atoms with E-state index < -0.39 is 0 Å². The molecule has 1 aromatic carbocycles. The molecule has 1 fully saturated rings. The maximum atomic E-state index is 6.49. The van der Waals surface area contributed by atoms with Gasteiger partial charge in [-0.2, -0.15) is 0 Å². The Bertz CT molecular complexity index is 442. The largest absolute Gasteiger partial charge is 0.377 e. The van der Waals surface area contributed by atoms with Gasteiger partial charge in [0.15, 0.2) is 0 Å². The zero-order valence-electron chi connectivity index (χ0n) is 12.0. The lowest BCUT2D eigenvalue weighted by atomic mass is 9.83. The van der Waals surface area contributed by atoms with Crippen molar-refractivity contribution in [3.63, 3.8) is 0 Å². The highest BCUT2D eigenvalue weighted by Gasteiger charge is 2.37. The van der Waals surface area contributed by atoms with Gasteiger partial charge in [-0.15, -0.1) is 0 Å². The summed E-state index contributed by atoms with van der Waals surface area (Å²) in [5.41, 5.74) is 7.27. The quantitative estimate of drug-likeness (QED) is 0.824. The second-order valence-electron chi connectivity index (χ2n) is 5.71. The fourth-order valence-electron chi connectivity index (χ4n) is 3.18. The summed E-state index contributed by atoms with van der Waals surface area (Å²) in [5, 5.41) is 1.20. The van der Waals surface area contributed by atoms with E-state index in [-0.39, 0.29) is 11.6 Å². The summed E-state index contributed by atoms with van der Waals surface area (Å²) < 4.78 is 5.86. The first-order valence-electron chi connectivity index (χ1n) is 7.33. The number of nitrogens with two attached hydrogens (primary N) is 1. The zero-order chi connectivity index (χ0) is 14.6. The lowest BCUT2D eigenvalue weighted by Gasteiger charge is -2.37. The van der Waals surface area contributed by atoms with E-state index >= 15 is 0 Å². The van der Waals surface area contributed by atoms with Gasteiger partial charge in [0, 0.05) is 13.2 Å². The fourth-order valence-corrected chi connectivity index (χ4v) is 3.58. The van der Waals surface area contributed by atoms with Gasteiger partial charge >= 0.3 is 0 Å². The minimum Gasteiger partial charge on any atom is -0.377 e. The van der Waals surface area contributed by atoms with E-state index in [1.54, 1.807) is 13.2 Å². The Kier molecular flexibility index (Phi) is 5.74. The van der Waals surface area contributed by atoms with Gasteiger partial charge in [-0.1, -0.05) is 61.0 Å². The van der Waals surface area contributed by atoms with Crippen molar-refractivity contribution in [3.05, 3.63) is 33.8 Å². The molecule has 0 amide bonds. The van der Waals surface area contributed by atoms with Crippen LogP contribution < -0.4 is 5.73 Å². The highest BCUT2D eigenvalue weighted by molar-refractivity contribution is 6.42. The molecule has 0 aliphatic heterocycles. The molecule has 0 spiro atoms. The predicted molar refractivity (Wildman–Crippen MR) is 85.6 cm³/mol. The second-order valence-corrected chi connectivity index (χ2v) is 6.49. The number of hydrogen-bond acceptors (Lipinski definition) is 2. The molecule has 0 saturated heterocycles. The molecule has 1 aromatic rings. The van der Waals surface area contributed by atoms with Crippen molar-refractivity contribution >= 4 is 23.2 Å². The van der Waals surface area contributed by atoms with E-state index in [2.05, 4.69) is 0 Å². The van der Waals surface area contributed by atoms with Crippen molar-refractivity contribution < 1.29 is 4.74 Å². The van der Waals surface area contributed by atoms with Crippen LogP contribution in [0.3, 0.4) is 0 Å². The molecule has 1 aliphatic rings. The molecule has 1 aliphatic carbocycles. The normalized spacial score (nSPS) is 20.4. The van der Waals surface area contributed by atoms with Crippen molar-refractivity contribution in [3.8, 4) is 0 Å². The molecule has 1 unspecified atom stereocenters. The Hall–Kier alpha value is -0.280. The van der Waals surface area contributed by atoms with Crippen molar-refractivity contribution in [2.45, 2.75) is 56.6 Å². The van der Waals surface area contributed by atoms with Gasteiger partial charge in [-0.3, -0.25) is 0 Å². The van der Waals surface area contributed by atoms with Gasteiger partial charge in [0.05, 0.1) is 15.6 Å². The number of hydrogen-bond donors (Lipinski definition) is 1. The highest BCUT2D eigenvalue weighted by atomic mass is 35.5. The smallest absolute Gasteiger partial charge is 0.0832 e. The standard InChI is InChI=1S/C16H23Cl2NO/c1-20-16(9-4-2-3-5-10-16)14(19)11-12-7-6-8-13(17)15(12)18/h6-8,14H,2-5,9-11,19H2,1H3. The lowest BCUT2D eigenvalue weighted by molar-refractivity contribution is -0.0430. The van der Waals surface area contributed by atoms with Gasteiger partial charge in [-0.25, -0.2) is 0 Å². The Labute approximate surface area is 131 Å². The van der Waals surface area contributed by atoms with Crippen LogP contribution >= 0.6 is 23.2 Å². The summed E-state index contributed by atoms with van der Waals surface area (Å²) >= 11 is 12.3. The molecule has 0 bridgehead atoms. The Morgan fingerprint density at radius 1 is 1.20 bits per heavy atom. The van der Waals surface area contributed by atoms with Crippen LogP contribution in [0.25, 0.3) is 0 Å². The summed E-state index contributed by atoms with van der Waals surface area (Å²) in [6.45, 7) is 0. The summed E-state index contributed by atoms with van der Waals surface area (Å²) in [5.74, 6) is 0. The molecular formula is C16H23Cl2NO. The summed E-state index contributed by atoms with van der Waals surface area (Å²) in [6, 6.07) is 5.66. The van der Waals surface area contributed by atoms with Gasteiger partial charge < -0.3 is 10.5 Å². The van der Waals surface area contributed by atoms with Gasteiger partial charge in [-0.05, 0) is 30.9 Å². The Morgan fingerprint density at radius 2 is 1.85 bits per heavy atom. The molecular weight excluding hydrogens is 293 g/mol. The number of ether oxygens (including phenoxy) is 1. The van der Waals surface area contributed by atoms with Gasteiger partial charge in [0.25, 0.3) is 0 Å². The number of methoxy groups -OCH3 is 1. The minimum absolute atomic E-state index is 0.0541. The van der Waals surface area contributed by atoms with Crippen LogP contribution in [-0.2, 0) is 11.2 Å². The predicted octanol–water partition coefficient (Wildman–Crippen LogP) is 4.60. The van der Waals surface area contributed by atoms with Crippen LogP contribution in [0.1, 0.15) is 44.1 Å². The number of rotatable bonds is 4. The molecule has 20 heavy (non-hydrogen) atoms. The van der Waals surface area contributed by atoms with Crippen LogP contribution in [-0.4, -0.2) is 18.8 Å². The summed E-state index contributed by atoms with van der Waals surface area (Å²) in [6.07, 6.45) is 7.68. The van der Waals surface area contributed by atoms with Crippen molar-refractivity contribution in [2.24, 2.45) is 5.73 Å². The molecule has 0 heterocycles. The first-order chi connectivity index (χ1) is 9.59. The van der Waals surface area contributed by atoms with Crippen LogP contribution in [0.15, 0.2) is 18.2 Å². The van der Waals surface area contributed by atoms with E-state index in [4.69, 9.17) is 33.7 Å². The van der Waals surface area contributed by atoms with Crippen LogP contribution in [0.5, 0.6) is 0 Å². The SMILES string of the molecule is COC1(C(N)Cc2cccc(Cl)c2Cl)CCCCCC1. The Morgan fingerprint density at radius 3 is 2.45 bits per heavy atom. The first kappa shape index (κ1) is 16.1. The minimum atomic E-state index is -0.220. The maximum Gasteiger partial charge on any atom is 0.0832 e. The van der Waals surface area contributed by atoms with Crippen molar-refractivity contribution in [1.29, 1.82) is 0 Å². The summed E-state index contributed by atoms with van der Waals surface area (Å²) in [4.78, 5) is 0. The molecule has 2 rings (SSSR count). The third-order valence-electron chi connectivity index (χ3n) is 4.50. The Balaban J connectivity index is 2.16. The molecule has 0 radical (unpaired) electrons. The average molecular weight is 316 g/mol. The first-order valence-corrected chi connectivity index (χ1v) is 8.08. The van der Waals surface area contributed by atoms with Crippen molar-refractivity contribution in [2.75, 3.05) is 7.11 Å². The van der Waals surface area contributed by atoms with Gasteiger partial charge in [0.2, 0.25) is 0 Å². The van der Waals surface area contributed by atoms with Crippen molar-refractivity contribution in [1.82, 2.24) is 0 Å². The van der Waals surface area contributed by atoms with E-state index in [0.717, 1.165) is 18.4 Å². The molecule has 112 valence electrons. The van der Waals surface area contributed by atoms with Gasteiger partial charge in [0.1, 0.15) is 0 Å². The van der Waals surface area contributed by atoms with Crippen LogP contribution in [0.2, 0.25) is 10.0 Å². The second kappa shape index (κ2) is 7.13. The van der Waals surface area contributed by atoms with E-state index in [9.17, 15) is 0 Å². The molecule has 4 heteroatoms. The summed E-state index contributed by atoms with van der Waals surface area (Å²) in [7, 11) is 1.78. The topological polar surface area (TPSA) is 35.2 Å².